The molecule has 3 aromatic heterocycles. The van der Waals surface area contributed by atoms with Gasteiger partial charge in [0, 0.05) is 68.8 Å². The van der Waals surface area contributed by atoms with Gasteiger partial charge in [-0.3, -0.25) is 4.90 Å². The molecule has 0 bridgehead atoms. The van der Waals surface area contributed by atoms with Crippen LogP contribution in [0, 0.1) is 18.8 Å². The van der Waals surface area contributed by atoms with Gasteiger partial charge in [-0.05, 0) is 158 Å². The molecule has 0 spiro atoms. The molecule has 10 rings (SSSR count). The van der Waals surface area contributed by atoms with Crippen molar-refractivity contribution < 1.29 is 0 Å². The van der Waals surface area contributed by atoms with Crippen molar-refractivity contribution in [3.63, 3.8) is 0 Å². The Balaban J connectivity index is 0.676. The number of thiazole rings is 1. The van der Waals surface area contributed by atoms with Crippen molar-refractivity contribution in [3.8, 4) is 11.1 Å². The highest BCUT2D eigenvalue weighted by molar-refractivity contribution is 7.22. The summed E-state index contributed by atoms with van der Waals surface area (Å²) in [5, 5.41) is 7.52. The first-order valence-electron chi connectivity index (χ1n) is 27.0. The van der Waals surface area contributed by atoms with E-state index in [1.807, 2.05) is 12.1 Å². The Morgan fingerprint density at radius 3 is 2.42 bits per heavy atom. The fraction of sp³-hybridized carbons (Fsp3) is 0.381. The minimum atomic E-state index is 0.444. The third-order valence-corrected chi connectivity index (χ3v) is 17.4. The number of aryl methyl sites for hydroxylation is 1. The second-order valence-corrected chi connectivity index (χ2v) is 22.2. The number of benzene rings is 4. The van der Waals surface area contributed by atoms with Gasteiger partial charge in [0.05, 0.1) is 26.9 Å². The zero-order valence-electron chi connectivity index (χ0n) is 43.6. The third kappa shape index (κ3) is 11.4. The lowest BCUT2D eigenvalue weighted by Crippen LogP contribution is -2.47. The Morgan fingerprint density at radius 1 is 0.808 bits per heavy atom. The van der Waals surface area contributed by atoms with E-state index in [2.05, 4.69) is 162 Å². The molecule has 1 aliphatic carbocycles. The molecule has 0 radical (unpaired) electrons. The van der Waals surface area contributed by atoms with Gasteiger partial charge < -0.3 is 25.0 Å². The summed E-state index contributed by atoms with van der Waals surface area (Å²) < 4.78 is 3.47. The maximum atomic E-state index is 5.27. The fourth-order valence-electron chi connectivity index (χ4n) is 11.9. The van der Waals surface area contributed by atoms with Gasteiger partial charge in [0.15, 0.2) is 5.13 Å². The van der Waals surface area contributed by atoms with Gasteiger partial charge in [0.25, 0.3) is 0 Å². The summed E-state index contributed by atoms with van der Waals surface area (Å²) in [5.41, 5.74) is 16.6. The van der Waals surface area contributed by atoms with E-state index in [4.69, 9.17) is 15.0 Å². The maximum Gasteiger partial charge on any atom is 0.206 e. The largest absolute Gasteiger partial charge is 0.366 e. The SMILES string of the molecule is C=CNC(=C)CCC(C)c1ccc2nc(N3CCN(CCCCC4CCC(Cc5cccc(-c6ccc(N7CCc8cccc(C(=C)Nc9nc%10ccccc%10s9)c8C7)nc6C=C)c5C)CC4)CC3)n(C)c2c1. The van der Waals surface area contributed by atoms with Crippen molar-refractivity contribution in [1.82, 2.24) is 29.7 Å². The Morgan fingerprint density at radius 2 is 1.62 bits per heavy atom. The Hall–Kier alpha value is -6.49. The lowest BCUT2D eigenvalue weighted by atomic mass is 9.77. The summed E-state index contributed by atoms with van der Waals surface area (Å²) in [7, 11) is 2.18. The number of allylic oxidation sites excluding steroid dienone is 1. The number of nitrogens with one attached hydrogen (secondary N) is 2. The minimum absolute atomic E-state index is 0.444. The molecule has 0 amide bonds. The average Bonchev–Trinajstić information content (AvgIpc) is 3.99. The number of imidazole rings is 1. The van der Waals surface area contributed by atoms with Crippen LogP contribution in [-0.4, -0.2) is 63.7 Å². The summed E-state index contributed by atoms with van der Waals surface area (Å²) >= 11 is 1.66. The van der Waals surface area contributed by atoms with Gasteiger partial charge in [-0.15, -0.1) is 0 Å². The highest BCUT2D eigenvalue weighted by Crippen LogP contribution is 2.38. The van der Waals surface area contributed by atoms with Crippen LogP contribution in [0.1, 0.15) is 110 Å². The van der Waals surface area contributed by atoms with Gasteiger partial charge in [-0.2, -0.15) is 0 Å². The Bertz CT molecular complexity index is 3080. The van der Waals surface area contributed by atoms with E-state index in [0.29, 0.717) is 5.92 Å². The van der Waals surface area contributed by atoms with Crippen LogP contribution in [0.4, 0.5) is 16.9 Å². The lowest BCUT2D eigenvalue weighted by molar-refractivity contribution is 0.233. The summed E-state index contributed by atoms with van der Waals surface area (Å²) in [6, 6.07) is 33.0. The second-order valence-electron chi connectivity index (χ2n) is 21.1. The van der Waals surface area contributed by atoms with E-state index in [1.54, 1.807) is 17.5 Å². The first-order valence-corrected chi connectivity index (χ1v) is 27.8. The molecule has 9 nitrogen and oxygen atoms in total. The summed E-state index contributed by atoms with van der Waals surface area (Å²) in [6.45, 7) is 28.4. The zero-order valence-corrected chi connectivity index (χ0v) is 44.5. The summed E-state index contributed by atoms with van der Waals surface area (Å²) in [6.07, 6.45) is 17.1. The molecule has 4 aromatic carbocycles. The number of hydrogen-bond donors (Lipinski definition) is 2. The molecule has 2 N–H and O–H groups in total. The standard InChI is InChI=1S/C63H75N9S/c1-8-56-54(30-32-61(66-56)72-35-33-49-17-14-20-53(55(49)42-72)46(6)65-62-67-58-21-10-11-22-60(58)73-62)52-19-15-18-51(45(52)5)40-48-27-25-47(26-28-48)16-12-13-34-70-36-38-71(39-37-70)63-68-57-31-29-50(41-59(57)69(63)7)43(3)23-24-44(4)64-9-2/h8-11,14-15,17-22,29-32,41,43,47-48,64H,1-2,4,6,12-13,16,23-28,33-40,42H2,3,5,7H3,(H,65,67). The number of para-hydroxylation sites is 1. The molecule has 10 heteroatoms. The van der Waals surface area contributed by atoms with Crippen LogP contribution in [0.5, 0.6) is 0 Å². The number of rotatable bonds is 20. The monoisotopic (exact) mass is 990 g/mol. The topological polar surface area (TPSA) is 77.4 Å². The van der Waals surface area contributed by atoms with E-state index in [-0.39, 0.29) is 0 Å². The molecule has 1 saturated carbocycles. The molecule has 7 aromatic rings. The summed E-state index contributed by atoms with van der Waals surface area (Å²) in [5.74, 6) is 4.15. The number of anilines is 3. The predicted octanol–water partition coefficient (Wildman–Crippen LogP) is 14.3. The first-order chi connectivity index (χ1) is 35.6. The highest BCUT2D eigenvalue weighted by Gasteiger charge is 2.26. The Labute approximate surface area is 438 Å². The van der Waals surface area contributed by atoms with Crippen LogP contribution < -0.4 is 20.4 Å². The molecular weight excluding hydrogens is 915 g/mol. The number of aromatic nitrogens is 4. The predicted molar refractivity (Wildman–Crippen MR) is 310 cm³/mol. The van der Waals surface area contributed by atoms with Gasteiger partial charge in [-0.25, -0.2) is 15.0 Å². The van der Waals surface area contributed by atoms with Gasteiger partial charge in [0.1, 0.15) is 5.82 Å². The third-order valence-electron chi connectivity index (χ3n) is 16.4. The number of unbranched alkanes of at least 4 members (excludes halogenated alkanes) is 1. The van der Waals surface area contributed by atoms with E-state index >= 15 is 0 Å². The normalized spacial score (nSPS) is 17.6. The van der Waals surface area contributed by atoms with Crippen LogP contribution in [-0.2, 0) is 26.4 Å². The molecule has 5 heterocycles. The van der Waals surface area contributed by atoms with Crippen molar-refractivity contribution in [2.24, 2.45) is 18.9 Å². The lowest BCUT2D eigenvalue weighted by Gasteiger charge is -2.35. The Kier molecular flexibility index (Phi) is 15.6. The smallest absolute Gasteiger partial charge is 0.206 e. The van der Waals surface area contributed by atoms with Gasteiger partial charge in [-0.1, -0.05) is 125 Å². The van der Waals surface area contributed by atoms with E-state index in [1.165, 1.54) is 95.1 Å². The van der Waals surface area contributed by atoms with Crippen molar-refractivity contribution in [2.45, 2.75) is 96.9 Å². The molecule has 1 unspecified atom stereocenters. The molecular formula is C63H75N9S. The van der Waals surface area contributed by atoms with Crippen LogP contribution in [0.3, 0.4) is 0 Å². The summed E-state index contributed by atoms with van der Waals surface area (Å²) in [4.78, 5) is 22.8. The van der Waals surface area contributed by atoms with Crippen molar-refractivity contribution in [3.05, 3.63) is 168 Å². The number of pyridine rings is 1. The van der Waals surface area contributed by atoms with Crippen molar-refractivity contribution in [2.75, 3.05) is 54.4 Å². The molecule has 1 saturated heterocycles. The quantitative estimate of drug-likeness (QED) is 0.0732. The van der Waals surface area contributed by atoms with E-state index in [0.717, 1.165) is 133 Å². The number of hydrogen-bond acceptors (Lipinski definition) is 9. The van der Waals surface area contributed by atoms with Gasteiger partial charge in [0.2, 0.25) is 5.95 Å². The molecule has 1 atom stereocenters. The van der Waals surface area contributed by atoms with Crippen molar-refractivity contribution >= 4 is 61.3 Å². The molecule has 2 fully saturated rings. The number of piperazine rings is 1. The second kappa shape index (κ2) is 22.7. The van der Waals surface area contributed by atoms with Crippen molar-refractivity contribution in [1.29, 1.82) is 0 Å². The maximum absolute atomic E-state index is 5.27. The molecule has 3 aliphatic rings. The average molecular weight is 990 g/mol. The number of fused-ring (bicyclic) bond motifs is 3. The fourth-order valence-corrected chi connectivity index (χ4v) is 12.8. The zero-order chi connectivity index (χ0) is 50.4. The molecule has 73 heavy (non-hydrogen) atoms. The highest BCUT2D eigenvalue weighted by atomic mass is 32.1. The van der Waals surface area contributed by atoms with Crippen LogP contribution in [0.15, 0.2) is 129 Å². The molecule has 2 aliphatic heterocycles. The van der Waals surface area contributed by atoms with Crippen LogP contribution in [0.25, 0.3) is 44.1 Å². The first kappa shape index (κ1) is 50.1. The van der Waals surface area contributed by atoms with Crippen LogP contribution >= 0.6 is 11.3 Å². The van der Waals surface area contributed by atoms with Gasteiger partial charge >= 0.3 is 0 Å². The minimum Gasteiger partial charge on any atom is -0.366 e. The van der Waals surface area contributed by atoms with Crippen LogP contribution in [0.2, 0.25) is 0 Å². The van der Waals surface area contributed by atoms with E-state index in [9.17, 15) is 0 Å². The number of nitrogens with zero attached hydrogens (tertiary/aromatic N) is 7. The molecule has 378 valence electrons. The van der Waals surface area contributed by atoms with E-state index < -0.39 is 0 Å².